The molecule has 2 rings (SSSR count). The van der Waals surface area contributed by atoms with E-state index >= 15 is 0 Å². The van der Waals surface area contributed by atoms with Gasteiger partial charge in [-0.05, 0) is 56.1 Å². The molecule has 0 aliphatic carbocycles. The van der Waals surface area contributed by atoms with Crippen molar-refractivity contribution in [3.63, 3.8) is 0 Å². The van der Waals surface area contributed by atoms with Gasteiger partial charge in [0.05, 0.1) is 13.2 Å². The van der Waals surface area contributed by atoms with Crippen molar-refractivity contribution >= 4 is 18.2 Å². The lowest BCUT2D eigenvalue weighted by Crippen LogP contribution is -2.35. The number of carbonyl (C=O) groups is 1. The topological polar surface area (TPSA) is 38.8 Å². The van der Waals surface area contributed by atoms with Gasteiger partial charge in [0, 0.05) is 18.5 Å². The molecule has 5 heteroatoms. The van der Waals surface area contributed by atoms with Gasteiger partial charge in [-0.25, -0.2) is 0 Å². The van der Waals surface area contributed by atoms with Crippen molar-refractivity contribution in [3.8, 4) is 5.75 Å². The predicted octanol–water partition coefficient (Wildman–Crippen LogP) is 3.83. The third kappa shape index (κ3) is 7.20. The predicted molar refractivity (Wildman–Crippen MR) is 99.5 cm³/mol. The van der Waals surface area contributed by atoms with Crippen molar-refractivity contribution in [2.45, 2.75) is 33.1 Å². The van der Waals surface area contributed by atoms with E-state index in [0.717, 1.165) is 30.4 Å². The lowest BCUT2D eigenvalue weighted by Gasteiger charge is -2.29. The summed E-state index contributed by atoms with van der Waals surface area (Å²) in [6, 6.07) is 7.33. The minimum Gasteiger partial charge on any atom is -0.491 e. The molecule has 0 aromatic heterocycles. The van der Waals surface area contributed by atoms with Crippen LogP contribution < -0.4 is 4.74 Å². The van der Waals surface area contributed by atoms with Gasteiger partial charge in [-0.2, -0.15) is 0 Å². The van der Waals surface area contributed by atoms with Crippen LogP contribution in [-0.4, -0.2) is 50.1 Å². The number of carbonyl (C=O) groups excluding carboxylic acids is 1. The van der Waals surface area contributed by atoms with Crippen molar-refractivity contribution in [3.05, 3.63) is 29.8 Å². The minimum atomic E-state index is 0. The molecule has 0 spiro atoms. The zero-order valence-corrected chi connectivity index (χ0v) is 15.6. The van der Waals surface area contributed by atoms with Crippen LogP contribution in [0.2, 0.25) is 0 Å². The van der Waals surface area contributed by atoms with Crippen molar-refractivity contribution in [2.24, 2.45) is 5.92 Å². The Morgan fingerprint density at radius 2 is 1.79 bits per heavy atom. The fourth-order valence-electron chi connectivity index (χ4n) is 2.74. The Morgan fingerprint density at radius 1 is 1.12 bits per heavy atom. The summed E-state index contributed by atoms with van der Waals surface area (Å²) in [7, 11) is 0. The minimum absolute atomic E-state index is 0. The number of piperidine rings is 1. The van der Waals surface area contributed by atoms with Crippen LogP contribution in [0.25, 0.3) is 0 Å². The molecule has 24 heavy (non-hydrogen) atoms. The Balaban J connectivity index is 0.00000288. The van der Waals surface area contributed by atoms with Gasteiger partial charge in [0.25, 0.3) is 0 Å². The summed E-state index contributed by atoms with van der Waals surface area (Å²) in [5.74, 6) is 1.82. The normalized spacial score (nSPS) is 15.8. The zero-order valence-electron chi connectivity index (χ0n) is 14.8. The van der Waals surface area contributed by atoms with Gasteiger partial charge in [-0.15, -0.1) is 12.4 Å². The van der Waals surface area contributed by atoms with Crippen LogP contribution in [0.5, 0.6) is 5.75 Å². The van der Waals surface area contributed by atoms with Gasteiger partial charge >= 0.3 is 0 Å². The van der Waals surface area contributed by atoms with Gasteiger partial charge in [0.15, 0.2) is 5.78 Å². The van der Waals surface area contributed by atoms with Crippen LogP contribution in [-0.2, 0) is 4.74 Å². The number of benzene rings is 1. The monoisotopic (exact) mass is 355 g/mol. The maximum atomic E-state index is 11.5. The summed E-state index contributed by atoms with van der Waals surface area (Å²) in [6.45, 7) is 9.51. The van der Waals surface area contributed by atoms with Gasteiger partial charge in [0.1, 0.15) is 12.4 Å². The largest absolute Gasteiger partial charge is 0.491 e. The number of Topliss-reactive ketones (excluding diaryl/α,β-unsaturated/α-hetero) is 1. The molecular weight excluding hydrogens is 326 g/mol. The fraction of sp³-hybridized carbons (Fsp3) is 0.632. The molecule has 0 radical (unpaired) electrons. The highest BCUT2D eigenvalue weighted by Crippen LogP contribution is 2.15. The molecule has 0 saturated carbocycles. The molecule has 1 fully saturated rings. The summed E-state index contributed by atoms with van der Waals surface area (Å²) in [6.07, 6.45) is 3.14. The SMILES string of the molecule is CCC(=O)c1ccc(OCCOCCN2CCC(C)CC2)cc1.Cl. The van der Waals surface area contributed by atoms with E-state index in [4.69, 9.17) is 9.47 Å². The Hall–Kier alpha value is -1.10. The number of nitrogens with zero attached hydrogens (tertiary/aromatic N) is 1. The van der Waals surface area contributed by atoms with Gasteiger partial charge in [0.2, 0.25) is 0 Å². The standard InChI is InChI=1S/C19H29NO3.ClH/c1-3-19(21)17-4-6-18(7-5-17)23-15-14-22-13-12-20-10-8-16(2)9-11-20;/h4-7,16H,3,8-15H2,1-2H3;1H. The summed E-state index contributed by atoms with van der Waals surface area (Å²) < 4.78 is 11.3. The lowest BCUT2D eigenvalue weighted by atomic mass is 9.99. The summed E-state index contributed by atoms with van der Waals surface area (Å²) in [5.41, 5.74) is 0.743. The third-order valence-electron chi connectivity index (χ3n) is 4.42. The Bertz CT molecular complexity index is 470. The van der Waals surface area contributed by atoms with E-state index in [1.165, 1.54) is 25.9 Å². The quantitative estimate of drug-likeness (QED) is 0.498. The van der Waals surface area contributed by atoms with E-state index in [-0.39, 0.29) is 18.2 Å². The Labute approximate surface area is 151 Å². The van der Waals surface area contributed by atoms with Crippen LogP contribution in [0.15, 0.2) is 24.3 Å². The van der Waals surface area contributed by atoms with Crippen LogP contribution in [0.1, 0.15) is 43.5 Å². The lowest BCUT2D eigenvalue weighted by molar-refractivity contribution is 0.0708. The first-order valence-corrected chi connectivity index (χ1v) is 8.75. The molecule has 1 aromatic carbocycles. The summed E-state index contributed by atoms with van der Waals surface area (Å²) in [5, 5.41) is 0. The maximum Gasteiger partial charge on any atom is 0.162 e. The van der Waals surface area contributed by atoms with E-state index in [1.807, 2.05) is 31.2 Å². The molecule has 1 saturated heterocycles. The molecule has 1 aliphatic rings. The maximum absolute atomic E-state index is 11.5. The van der Waals surface area contributed by atoms with E-state index in [0.29, 0.717) is 19.6 Å². The highest BCUT2D eigenvalue weighted by atomic mass is 35.5. The van der Waals surface area contributed by atoms with Gasteiger partial charge in [-0.3, -0.25) is 4.79 Å². The molecule has 0 unspecified atom stereocenters. The zero-order chi connectivity index (χ0) is 16.5. The van der Waals surface area contributed by atoms with Crippen LogP contribution in [0.4, 0.5) is 0 Å². The Kier molecular flexibility index (Phi) is 9.99. The molecule has 0 bridgehead atoms. The van der Waals surface area contributed by atoms with Crippen molar-refractivity contribution in [2.75, 3.05) is 39.5 Å². The number of halogens is 1. The number of ether oxygens (including phenoxy) is 2. The summed E-state index contributed by atoms with van der Waals surface area (Å²) in [4.78, 5) is 14.0. The van der Waals surface area contributed by atoms with Crippen LogP contribution in [0, 0.1) is 5.92 Å². The second-order valence-electron chi connectivity index (χ2n) is 6.29. The number of ketones is 1. The smallest absolute Gasteiger partial charge is 0.162 e. The molecule has 1 heterocycles. The molecule has 136 valence electrons. The van der Waals surface area contributed by atoms with Gasteiger partial charge in [-0.1, -0.05) is 13.8 Å². The van der Waals surface area contributed by atoms with E-state index in [1.54, 1.807) is 0 Å². The van der Waals surface area contributed by atoms with E-state index < -0.39 is 0 Å². The average molecular weight is 356 g/mol. The molecular formula is C19H30ClNO3. The third-order valence-corrected chi connectivity index (χ3v) is 4.42. The highest BCUT2D eigenvalue weighted by molar-refractivity contribution is 5.95. The second kappa shape index (κ2) is 11.5. The Morgan fingerprint density at radius 3 is 2.42 bits per heavy atom. The number of likely N-dealkylation sites (tertiary alicyclic amines) is 1. The fourth-order valence-corrected chi connectivity index (χ4v) is 2.74. The van der Waals surface area contributed by atoms with Crippen molar-refractivity contribution in [1.82, 2.24) is 4.90 Å². The number of rotatable bonds is 9. The molecule has 0 amide bonds. The van der Waals surface area contributed by atoms with Crippen LogP contribution in [0.3, 0.4) is 0 Å². The van der Waals surface area contributed by atoms with E-state index in [9.17, 15) is 4.79 Å². The van der Waals surface area contributed by atoms with E-state index in [2.05, 4.69) is 11.8 Å². The first-order valence-electron chi connectivity index (χ1n) is 8.75. The molecule has 1 aliphatic heterocycles. The number of hydrogen-bond donors (Lipinski definition) is 0. The molecule has 0 atom stereocenters. The average Bonchev–Trinajstić information content (AvgIpc) is 2.59. The molecule has 0 N–H and O–H groups in total. The number of hydrogen-bond acceptors (Lipinski definition) is 4. The first-order chi connectivity index (χ1) is 11.2. The second-order valence-corrected chi connectivity index (χ2v) is 6.29. The summed E-state index contributed by atoms with van der Waals surface area (Å²) >= 11 is 0. The van der Waals surface area contributed by atoms with Crippen molar-refractivity contribution < 1.29 is 14.3 Å². The van der Waals surface area contributed by atoms with Gasteiger partial charge < -0.3 is 14.4 Å². The molecule has 1 aromatic rings. The van der Waals surface area contributed by atoms with Crippen molar-refractivity contribution in [1.29, 1.82) is 0 Å². The highest BCUT2D eigenvalue weighted by Gasteiger charge is 2.14. The van der Waals surface area contributed by atoms with Crippen LogP contribution >= 0.6 is 12.4 Å². The molecule has 4 nitrogen and oxygen atoms in total. The first kappa shape index (κ1) is 20.9.